The van der Waals surface area contributed by atoms with E-state index in [-0.39, 0.29) is 12.0 Å². The van der Waals surface area contributed by atoms with Crippen LogP contribution in [0.5, 0.6) is 0 Å². The molecule has 1 unspecified atom stereocenters. The maximum Gasteiger partial charge on any atom is 0.279 e. The molecule has 1 fully saturated rings. The Morgan fingerprint density at radius 1 is 1.33 bits per heavy atom. The van der Waals surface area contributed by atoms with Crippen molar-refractivity contribution >= 4 is 10.2 Å². The second-order valence-corrected chi connectivity index (χ2v) is 7.85. The SMILES string of the molecule is CCOCC(NS(=O)(=O)N(C)CCCNC1CC1)C(C)C. The molecule has 1 aliphatic rings. The largest absolute Gasteiger partial charge is 0.380 e. The van der Waals surface area contributed by atoms with Crippen LogP contribution in [0.25, 0.3) is 0 Å². The van der Waals surface area contributed by atoms with Gasteiger partial charge in [0.2, 0.25) is 0 Å². The number of hydrogen-bond donors (Lipinski definition) is 2. The second kappa shape index (κ2) is 9.05. The van der Waals surface area contributed by atoms with E-state index in [2.05, 4.69) is 10.0 Å². The van der Waals surface area contributed by atoms with Crippen molar-refractivity contribution in [1.82, 2.24) is 14.3 Å². The van der Waals surface area contributed by atoms with Crippen molar-refractivity contribution in [2.45, 2.75) is 52.1 Å². The lowest BCUT2D eigenvalue weighted by Crippen LogP contribution is -2.48. The molecule has 0 spiro atoms. The van der Waals surface area contributed by atoms with Gasteiger partial charge in [0, 0.05) is 32.3 Å². The van der Waals surface area contributed by atoms with Crippen molar-refractivity contribution in [3.05, 3.63) is 0 Å². The fourth-order valence-electron chi connectivity index (χ4n) is 1.90. The Balaban J connectivity index is 2.36. The summed E-state index contributed by atoms with van der Waals surface area (Å²) in [5.41, 5.74) is 0. The molecule has 2 N–H and O–H groups in total. The Kier molecular flexibility index (Phi) is 8.12. The molecule has 1 saturated carbocycles. The molecular weight excluding hydrogens is 290 g/mol. The van der Waals surface area contributed by atoms with Crippen molar-refractivity contribution in [3.63, 3.8) is 0 Å². The number of nitrogens with one attached hydrogen (secondary N) is 2. The van der Waals surface area contributed by atoms with Gasteiger partial charge in [0.05, 0.1) is 6.61 Å². The number of hydrogen-bond acceptors (Lipinski definition) is 4. The van der Waals surface area contributed by atoms with Gasteiger partial charge >= 0.3 is 0 Å². The summed E-state index contributed by atoms with van der Waals surface area (Å²) in [6.07, 6.45) is 3.33. The molecule has 0 amide bonds. The lowest BCUT2D eigenvalue weighted by molar-refractivity contribution is 0.115. The summed E-state index contributed by atoms with van der Waals surface area (Å²) >= 11 is 0. The monoisotopic (exact) mass is 321 g/mol. The van der Waals surface area contributed by atoms with E-state index in [9.17, 15) is 8.42 Å². The van der Waals surface area contributed by atoms with Crippen LogP contribution < -0.4 is 10.0 Å². The number of rotatable bonds is 12. The van der Waals surface area contributed by atoms with Gasteiger partial charge in [-0.05, 0) is 38.6 Å². The third-order valence-electron chi connectivity index (χ3n) is 3.68. The lowest BCUT2D eigenvalue weighted by Gasteiger charge is -2.25. The molecule has 0 aliphatic heterocycles. The quantitative estimate of drug-likeness (QED) is 0.525. The minimum atomic E-state index is -3.44. The van der Waals surface area contributed by atoms with E-state index in [0.717, 1.165) is 13.0 Å². The van der Waals surface area contributed by atoms with Crippen LogP contribution in [0.15, 0.2) is 0 Å². The molecule has 6 nitrogen and oxygen atoms in total. The third kappa shape index (κ3) is 7.56. The zero-order valence-corrected chi connectivity index (χ0v) is 14.6. The van der Waals surface area contributed by atoms with E-state index < -0.39 is 10.2 Å². The normalized spacial score (nSPS) is 17.6. The van der Waals surface area contributed by atoms with Gasteiger partial charge in [0.15, 0.2) is 0 Å². The highest BCUT2D eigenvalue weighted by atomic mass is 32.2. The average molecular weight is 321 g/mol. The molecule has 1 aliphatic carbocycles. The van der Waals surface area contributed by atoms with Gasteiger partial charge in [-0.3, -0.25) is 0 Å². The first-order chi connectivity index (χ1) is 9.86. The maximum absolute atomic E-state index is 12.3. The van der Waals surface area contributed by atoms with Gasteiger partial charge in [-0.15, -0.1) is 0 Å². The Labute approximate surface area is 129 Å². The molecule has 0 saturated heterocycles. The summed E-state index contributed by atoms with van der Waals surface area (Å²) in [5, 5.41) is 3.39. The fraction of sp³-hybridized carbons (Fsp3) is 1.00. The molecule has 0 aromatic rings. The molecule has 126 valence electrons. The molecule has 1 atom stereocenters. The van der Waals surface area contributed by atoms with Crippen LogP contribution in [0.2, 0.25) is 0 Å². The minimum absolute atomic E-state index is 0.191. The first kappa shape index (κ1) is 18.8. The summed E-state index contributed by atoms with van der Waals surface area (Å²) < 4.78 is 34.1. The van der Waals surface area contributed by atoms with Crippen molar-refractivity contribution in [2.24, 2.45) is 5.92 Å². The van der Waals surface area contributed by atoms with Crippen molar-refractivity contribution in [1.29, 1.82) is 0 Å². The molecule has 7 heteroatoms. The molecule has 0 heterocycles. The van der Waals surface area contributed by atoms with Crippen LogP contribution in [0.3, 0.4) is 0 Å². The first-order valence-corrected chi connectivity index (χ1v) is 9.35. The van der Waals surface area contributed by atoms with E-state index in [0.29, 0.717) is 25.8 Å². The van der Waals surface area contributed by atoms with Crippen LogP contribution >= 0.6 is 0 Å². The lowest BCUT2D eigenvalue weighted by atomic mass is 10.1. The number of ether oxygens (including phenoxy) is 1. The van der Waals surface area contributed by atoms with Gasteiger partial charge in [0.25, 0.3) is 10.2 Å². The van der Waals surface area contributed by atoms with Crippen molar-refractivity contribution in [2.75, 3.05) is 33.4 Å². The van der Waals surface area contributed by atoms with Crippen LogP contribution in [0.1, 0.15) is 40.0 Å². The number of nitrogens with zero attached hydrogens (tertiary/aromatic N) is 1. The van der Waals surface area contributed by atoms with E-state index >= 15 is 0 Å². The molecule has 0 aromatic carbocycles. The molecule has 0 aromatic heterocycles. The van der Waals surface area contributed by atoms with E-state index in [1.807, 2.05) is 20.8 Å². The van der Waals surface area contributed by atoms with Crippen molar-refractivity contribution < 1.29 is 13.2 Å². The molecule has 21 heavy (non-hydrogen) atoms. The van der Waals surface area contributed by atoms with Gasteiger partial charge in [-0.1, -0.05) is 13.8 Å². The summed E-state index contributed by atoms with van der Waals surface area (Å²) in [6.45, 7) is 8.28. The van der Waals surface area contributed by atoms with E-state index in [1.54, 1.807) is 7.05 Å². The fourth-order valence-corrected chi connectivity index (χ4v) is 3.18. The second-order valence-electron chi connectivity index (χ2n) is 6.04. The Bertz CT molecular complexity index is 383. The van der Waals surface area contributed by atoms with Crippen molar-refractivity contribution in [3.8, 4) is 0 Å². The van der Waals surface area contributed by atoms with Gasteiger partial charge in [-0.2, -0.15) is 17.4 Å². The highest BCUT2D eigenvalue weighted by Crippen LogP contribution is 2.18. The molecular formula is C14H31N3O3S. The van der Waals surface area contributed by atoms with Crippen LogP contribution in [0.4, 0.5) is 0 Å². The predicted molar refractivity (Wildman–Crippen MR) is 85.4 cm³/mol. The van der Waals surface area contributed by atoms with Crippen LogP contribution in [-0.4, -0.2) is 58.2 Å². The zero-order valence-electron chi connectivity index (χ0n) is 13.8. The van der Waals surface area contributed by atoms with Crippen LogP contribution in [-0.2, 0) is 14.9 Å². The topological polar surface area (TPSA) is 70.7 Å². The smallest absolute Gasteiger partial charge is 0.279 e. The first-order valence-electron chi connectivity index (χ1n) is 7.91. The standard InChI is InChI=1S/C14H31N3O3S/c1-5-20-11-14(12(2)3)16-21(18,19)17(4)10-6-9-15-13-7-8-13/h12-16H,5-11H2,1-4H3. The molecule has 0 radical (unpaired) electrons. The highest BCUT2D eigenvalue weighted by Gasteiger charge is 2.24. The maximum atomic E-state index is 12.3. The summed E-state index contributed by atoms with van der Waals surface area (Å²) in [7, 11) is -1.82. The zero-order chi connectivity index (χ0) is 15.9. The summed E-state index contributed by atoms with van der Waals surface area (Å²) in [5.74, 6) is 0.191. The highest BCUT2D eigenvalue weighted by molar-refractivity contribution is 7.87. The molecule has 0 bridgehead atoms. The average Bonchev–Trinajstić information content (AvgIpc) is 3.23. The van der Waals surface area contributed by atoms with Gasteiger partial charge < -0.3 is 10.1 Å². The minimum Gasteiger partial charge on any atom is -0.380 e. The molecule has 1 rings (SSSR count). The summed E-state index contributed by atoms with van der Waals surface area (Å²) in [4.78, 5) is 0. The third-order valence-corrected chi connectivity index (χ3v) is 5.28. The van der Waals surface area contributed by atoms with Gasteiger partial charge in [0.1, 0.15) is 0 Å². The Morgan fingerprint density at radius 3 is 2.52 bits per heavy atom. The van der Waals surface area contributed by atoms with E-state index in [1.165, 1.54) is 17.1 Å². The Hall–Kier alpha value is -0.210. The Morgan fingerprint density at radius 2 is 2.00 bits per heavy atom. The van der Waals surface area contributed by atoms with Crippen LogP contribution in [0, 0.1) is 5.92 Å². The van der Waals surface area contributed by atoms with Gasteiger partial charge in [-0.25, -0.2) is 0 Å². The predicted octanol–water partition coefficient (Wildman–Crippen LogP) is 0.956. The summed E-state index contributed by atoms with van der Waals surface area (Å²) in [6, 6.07) is 0.476. The van der Waals surface area contributed by atoms with E-state index in [4.69, 9.17) is 4.74 Å².